The Hall–Kier alpha value is -3.41. The number of thiophene rings is 1. The Balaban J connectivity index is 1.21. The number of carbonyl (C=O) groups excluding carboxylic acids is 1. The Morgan fingerprint density at radius 1 is 1.08 bits per heavy atom. The van der Waals surface area contributed by atoms with E-state index in [1.807, 2.05) is 41.7 Å². The zero-order chi connectivity index (χ0) is 26.7. The van der Waals surface area contributed by atoms with Crippen molar-refractivity contribution in [3.8, 4) is 28.1 Å². The number of carbonyl (C=O) groups is 1. The Morgan fingerprint density at radius 2 is 1.84 bits per heavy atom. The number of rotatable bonds is 8. The molecule has 1 saturated heterocycles. The third-order valence-corrected chi connectivity index (χ3v) is 7.44. The van der Waals surface area contributed by atoms with E-state index in [0.717, 1.165) is 83.2 Å². The molecule has 4 heterocycles. The van der Waals surface area contributed by atoms with E-state index in [4.69, 9.17) is 4.74 Å². The molecule has 1 fully saturated rings. The summed E-state index contributed by atoms with van der Waals surface area (Å²) < 4.78 is 43.1. The van der Waals surface area contributed by atoms with Crippen molar-refractivity contribution in [3.05, 3.63) is 58.9 Å². The average molecular weight is 544 g/mol. The highest BCUT2D eigenvalue weighted by atomic mass is 32.1. The molecule has 0 aliphatic carbocycles. The minimum Gasteiger partial charge on any atom is -0.492 e. The molecule has 4 aromatic rings. The van der Waals surface area contributed by atoms with Crippen LogP contribution in [0.4, 0.5) is 13.2 Å². The first-order valence-electron chi connectivity index (χ1n) is 12.3. The normalized spacial score (nSPS) is 15.2. The van der Waals surface area contributed by atoms with Gasteiger partial charge in [-0.2, -0.15) is 13.2 Å². The number of fused-ring (bicyclic) bond motifs is 1. The number of hydrogen-bond donors (Lipinski definition) is 2. The fourth-order valence-corrected chi connectivity index (χ4v) is 5.13. The molecule has 1 aromatic carbocycles. The predicted octanol–water partition coefficient (Wildman–Crippen LogP) is 4.88. The van der Waals surface area contributed by atoms with Crippen molar-refractivity contribution in [2.24, 2.45) is 0 Å². The molecule has 38 heavy (non-hydrogen) atoms. The predicted molar refractivity (Wildman–Crippen MR) is 143 cm³/mol. The molecular weight excluding hydrogens is 515 g/mol. The van der Waals surface area contributed by atoms with Crippen LogP contribution < -0.4 is 10.1 Å². The summed E-state index contributed by atoms with van der Waals surface area (Å²) in [4.78, 5) is 24.8. The van der Waals surface area contributed by atoms with Crippen LogP contribution in [0.25, 0.3) is 33.4 Å². The van der Waals surface area contributed by atoms with Gasteiger partial charge in [-0.15, -0.1) is 11.3 Å². The van der Waals surface area contributed by atoms with Gasteiger partial charge in [0.15, 0.2) is 0 Å². The Labute approximate surface area is 222 Å². The molecule has 0 atom stereocenters. The Bertz CT molecular complexity index is 1390. The number of ether oxygens (including phenoxy) is 1. The van der Waals surface area contributed by atoms with E-state index in [-0.39, 0.29) is 4.88 Å². The van der Waals surface area contributed by atoms with Gasteiger partial charge in [0.25, 0.3) is 5.91 Å². The van der Waals surface area contributed by atoms with Gasteiger partial charge in [0.05, 0.1) is 4.88 Å². The molecular formula is C27H28F3N5O2S. The van der Waals surface area contributed by atoms with Crippen LogP contribution in [-0.2, 0) is 0 Å². The van der Waals surface area contributed by atoms with E-state index in [1.165, 1.54) is 0 Å². The molecule has 1 aliphatic rings. The maximum absolute atomic E-state index is 12.4. The number of H-pyrrole nitrogens is 1. The van der Waals surface area contributed by atoms with Gasteiger partial charge in [-0.1, -0.05) is 0 Å². The number of nitrogens with zero attached hydrogens (tertiary/aromatic N) is 3. The maximum Gasteiger partial charge on any atom is 0.405 e. The standard InChI is InChI=1S/C27H28F3N5O2S/c1-34-6-8-35(9-7-34)10-11-37-22-4-2-18(3-5-22)23-13-19-12-20(15-31-25(19)33-23)21-14-24(38-16-21)26(36)32-17-27(28,29)30/h2-5,12-16H,6-11,17H2,1H3,(H,31,33)(H,32,36). The highest BCUT2D eigenvalue weighted by Gasteiger charge is 2.28. The van der Waals surface area contributed by atoms with Gasteiger partial charge in [0.1, 0.15) is 24.5 Å². The number of alkyl halides is 3. The van der Waals surface area contributed by atoms with E-state index in [1.54, 1.807) is 17.6 Å². The molecule has 0 unspecified atom stereocenters. The number of benzene rings is 1. The molecule has 5 rings (SSSR count). The number of nitrogens with one attached hydrogen (secondary N) is 2. The average Bonchev–Trinajstić information content (AvgIpc) is 3.56. The van der Waals surface area contributed by atoms with E-state index in [9.17, 15) is 18.0 Å². The molecule has 1 amide bonds. The summed E-state index contributed by atoms with van der Waals surface area (Å²) in [7, 11) is 2.15. The van der Waals surface area contributed by atoms with Crippen molar-refractivity contribution >= 4 is 28.3 Å². The monoisotopic (exact) mass is 543 g/mol. The van der Waals surface area contributed by atoms with Crippen molar-refractivity contribution < 1.29 is 22.7 Å². The zero-order valence-electron chi connectivity index (χ0n) is 20.8. The summed E-state index contributed by atoms with van der Waals surface area (Å²) in [5, 5.41) is 4.53. The van der Waals surface area contributed by atoms with Crippen molar-refractivity contribution in [2.45, 2.75) is 6.18 Å². The lowest BCUT2D eigenvalue weighted by Gasteiger charge is -2.32. The van der Waals surface area contributed by atoms with Crippen LogP contribution >= 0.6 is 11.3 Å². The summed E-state index contributed by atoms with van der Waals surface area (Å²) in [5.41, 5.74) is 4.12. The van der Waals surface area contributed by atoms with Crippen LogP contribution in [0, 0.1) is 0 Å². The van der Waals surface area contributed by atoms with Gasteiger partial charge in [-0.3, -0.25) is 9.69 Å². The number of halogens is 3. The van der Waals surface area contributed by atoms with Gasteiger partial charge in [-0.05, 0) is 66.0 Å². The van der Waals surface area contributed by atoms with Crippen LogP contribution in [0.3, 0.4) is 0 Å². The fourth-order valence-electron chi connectivity index (χ4n) is 4.30. The van der Waals surface area contributed by atoms with Gasteiger partial charge in [0, 0.05) is 55.6 Å². The first-order valence-corrected chi connectivity index (χ1v) is 13.2. The second-order valence-electron chi connectivity index (χ2n) is 9.36. The molecule has 200 valence electrons. The lowest BCUT2D eigenvalue weighted by molar-refractivity contribution is -0.123. The summed E-state index contributed by atoms with van der Waals surface area (Å²) in [5.74, 6) is 0.0789. The number of amides is 1. The van der Waals surface area contributed by atoms with E-state index in [2.05, 4.69) is 26.8 Å². The topological polar surface area (TPSA) is 73.5 Å². The lowest BCUT2D eigenvalue weighted by atomic mass is 10.1. The van der Waals surface area contributed by atoms with Crippen LogP contribution in [0.1, 0.15) is 9.67 Å². The smallest absolute Gasteiger partial charge is 0.405 e. The number of aromatic nitrogens is 2. The number of pyridine rings is 1. The van der Waals surface area contributed by atoms with E-state index in [0.29, 0.717) is 6.61 Å². The molecule has 0 saturated carbocycles. The largest absolute Gasteiger partial charge is 0.492 e. The van der Waals surface area contributed by atoms with Gasteiger partial charge < -0.3 is 19.9 Å². The fraction of sp³-hybridized carbons (Fsp3) is 0.333. The molecule has 2 N–H and O–H groups in total. The Kier molecular flexibility index (Phi) is 7.68. The van der Waals surface area contributed by atoms with Gasteiger partial charge in [-0.25, -0.2) is 4.98 Å². The molecule has 1 aliphatic heterocycles. The summed E-state index contributed by atoms with van der Waals surface area (Å²) >= 11 is 1.09. The first kappa shape index (κ1) is 26.2. The van der Waals surface area contributed by atoms with Crippen LogP contribution in [0.15, 0.2) is 54.0 Å². The summed E-state index contributed by atoms with van der Waals surface area (Å²) in [6, 6.07) is 13.4. The maximum atomic E-state index is 12.4. The van der Waals surface area contributed by atoms with Crippen LogP contribution in [-0.4, -0.2) is 84.8 Å². The minimum atomic E-state index is -4.45. The Morgan fingerprint density at radius 3 is 2.58 bits per heavy atom. The van der Waals surface area contributed by atoms with Crippen molar-refractivity contribution in [2.75, 3.05) is 52.9 Å². The molecule has 0 bridgehead atoms. The molecule has 3 aromatic heterocycles. The van der Waals surface area contributed by atoms with E-state index >= 15 is 0 Å². The first-order chi connectivity index (χ1) is 18.2. The van der Waals surface area contributed by atoms with E-state index < -0.39 is 18.6 Å². The van der Waals surface area contributed by atoms with Crippen molar-refractivity contribution in [1.82, 2.24) is 25.1 Å². The molecule has 7 nitrogen and oxygen atoms in total. The SMILES string of the molecule is CN1CCN(CCOc2ccc(-c3cc4cc(-c5csc(C(=O)NCC(F)(F)F)c5)cnc4[nH]3)cc2)CC1. The molecule has 11 heteroatoms. The lowest BCUT2D eigenvalue weighted by Crippen LogP contribution is -2.45. The second-order valence-corrected chi connectivity index (χ2v) is 10.3. The highest BCUT2D eigenvalue weighted by Crippen LogP contribution is 2.30. The zero-order valence-corrected chi connectivity index (χ0v) is 21.7. The van der Waals surface area contributed by atoms with Crippen molar-refractivity contribution in [1.29, 1.82) is 0 Å². The number of hydrogen-bond acceptors (Lipinski definition) is 6. The second kappa shape index (κ2) is 11.1. The third kappa shape index (κ3) is 6.53. The number of aromatic amines is 1. The van der Waals surface area contributed by atoms with Crippen molar-refractivity contribution in [3.63, 3.8) is 0 Å². The number of likely N-dealkylation sites (N-methyl/N-ethyl adjacent to an activating group) is 1. The summed E-state index contributed by atoms with van der Waals surface area (Å²) in [6.07, 6.45) is -2.77. The van der Waals surface area contributed by atoms with Gasteiger partial charge in [0.2, 0.25) is 0 Å². The summed E-state index contributed by atoms with van der Waals surface area (Å²) in [6.45, 7) is 4.52. The molecule has 0 radical (unpaired) electrons. The number of piperazine rings is 1. The highest BCUT2D eigenvalue weighted by molar-refractivity contribution is 7.12. The quantitative estimate of drug-likeness (QED) is 0.332. The molecule has 0 spiro atoms. The minimum absolute atomic E-state index is 0.213. The van der Waals surface area contributed by atoms with Crippen LogP contribution in [0.5, 0.6) is 5.75 Å². The van der Waals surface area contributed by atoms with Crippen LogP contribution in [0.2, 0.25) is 0 Å². The van der Waals surface area contributed by atoms with Gasteiger partial charge >= 0.3 is 6.18 Å². The third-order valence-electron chi connectivity index (χ3n) is 6.51.